The normalized spacial score (nSPS) is 17.8. The smallest absolute Gasteiger partial charge is 0.371 e. The maximum absolute atomic E-state index is 11.0. The molecule has 1 aromatic heterocycles. The van der Waals surface area contributed by atoms with Gasteiger partial charge in [0, 0.05) is 9.58 Å². The van der Waals surface area contributed by atoms with Crippen LogP contribution in [0.1, 0.15) is 49.3 Å². The largest absolute Gasteiger partial charge is 0.380 e. The average Bonchev–Trinajstić information content (AvgIpc) is 2.64. The van der Waals surface area contributed by atoms with Gasteiger partial charge in [-0.2, -0.15) is 13.6 Å². The van der Waals surface area contributed by atoms with Crippen LogP contribution in [0.4, 0.5) is 0 Å². The molecule has 0 atom stereocenters. The first kappa shape index (κ1) is 14.8. The van der Waals surface area contributed by atoms with Gasteiger partial charge in [0.15, 0.2) is 0 Å². The van der Waals surface area contributed by atoms with E-state index in [1.54, 1.807) is 23.5 Å². The fraction of sp³-hybridized carbons (Fsp3) is 0.467. The molecule has 21 heavy (non-hydrogen) atoms. The van der Waals surface area contributed by atoms with Crippen molar-refractivity contribution in [1.82, 2.24) is 0 Å². The molecule has 0 spiro atoms. The Labute approximate surface area is 129 Å². The lowest BCUT2D eigenvalue weighted by atomic mass is 9.98. The molecule has 6 heteroatoms. The van der Waals surface area contributed by atoms with Gasteiger partial charge in [0.25, 0.3) is 0 Å². The maximum atomic E-state index is 11.0. The predicted molar refractivity (Wildman–Crippen MR) is 86.0 cm³/mol. The first-order valence-corrected chi connectivity index (χ1v) is 9.56. The Balaban J connectivity index is 1.89. The number of hydrogen-bond donors (Lipinski definition) is 1. The molecule has 0 unspecified atom stereocenters. The third kappa shape index (κ3) is 3.75. The highest BCUT2D eigenvalue weighted by atomic mass is 32.2. The number of fused-ring (bicyclic) bond motifs is 1. The molecule has 4 nitrogen and oxygen atoms in total. The lowest BCUT2D eigenvalue weighted by Crippen LogP contribution is -2.18. The molecule has 0 aliphatic heterocycles. The van der Waals surface area contributed by atoms with Gasteiger partial charge in [-0.05, 0) is 48.4 Å². The fourth-order valence-corrected chi connectivity index (χ4v) is 4.62. The van der Waals surface area contributed by atoms with Crippen molar-refractivity contribution in [1.29, 1.82) is 0 Å². The van der Waals surface area contributed by atoms with Gasteiger partial charge in [-0.1, -0.05) is 25.7 Å². The van der Waals surface area contributed by atoms with Gasteiger partial charge >= 0.3 is 10.3 Å². The van der Waals surface area contributed by atoms with Crippen molar-refractivity contribution in [3.8, 4) is 5.75 Å². The van der Waals surface area contributed by atoms with Gasteiger partial charge < -0.3 is 4.18 Å². The molecule has 114 valence electrons. The summed E-state index contributed by atoms with van der Waals surface area (Å²) in [6, 6.07) is 7.53. The third-order valence-corrected chi connectivity index (χ3v) is 5.67. The molecule has 0 saturated heterocycles. The van der Waals surface area contributed by atoms with Crippen LogP contribution >= 0.6 is 11.3 Å². The zero-order valence-corrected chi connectivity index (χ0v) is 13.4. The topological polar surface area (TPSA) is 69.4 Å². The highest BCUT2D eigenvalue weighted by molar-refractivity contribution is 7.84. The molecule has 1 aromatic carbocycles. The van der Waals surface area contributed by atoms with Gasteiger partial charge in [-0.25, -0.2) is 0 Å². The van der Waals surface area contributed by atoms with E-state index in [0.717, 1.165) is 10.1 Å². The molecule has 0 amide bonds. The number of thiophene rings is 1. The Bertz CT molecular complexity index is 728. The maximum Gasteiger partial charge on any atom is 0.380 e. The first-order chi connectivity index (χ1) is 10.0. The zero-order valence-electron chi connectivity index (χ0n) is 11.7. The second kappa shape index (κ2) is 5.94. The fourth-order valence-electron chi connectivity index (χ4n) is 2.98. The monoisotopic (exact) mass is 325 g/mol. The van der Waals surface area contributed by atoms with E-state index < -0.39 is 10.3 Å². The van der Waals surface area contributed by atoms with Gasteiger partial charge in [-0.15, -0.1) is 11.3 Å². The second-order valence-electron chi connectivity index (χ2n) is 5.61. The average molecular weight is 325 g/mol. The van der Waals surface area contributed by atoms with Gasteiger partial charge in [0.1, 0.15) is 5.75 Å². The van der Waals surface area contributed by atoms with Crippen molar-refractivity contribution < 1.29 is 12.6 Å². The lowest BCUT2D eigenvalue weighted by molar-refractivity contribution is 0.488. The number of nitrogens with two attached hydrogens (primary N) is 1. The van der Waals surface area contributed by atoms with E-state index in [1.165, 1.54) is 43.4 Å². The van der Waals surface area contributed by atoms with E-state index in [1.807, 2.05) is 6.07 Å². The number of rotatable bonds is 3. The van der Waals surface area contributed by atoms with Crippen LogP contribution in [-0.4, -0.2) is 8.42 Å². The predicted octanol–water partition coefficient (Wildman–Crippen LogP) is 3.92. The third-order valence-electron chi connectivity index (χ3n) is 3.98. The highest BCUT2D eigenvalue weighted by Gasteiger charge is 2.17. The molecular formula is C15H19NO3S2. The minimum atomic E-state index is -3.96. The van der Waals surface area contributed by atoms with Crippen LogP contribution in [0.25, 0.3) is 10.1 Å². The van der Waals surface area contributed by atoms with Crippen LogP contribution in [-0.2, 0) is 10.3 Å². The molecule has 1 heterocycles. The Morgan fingerprint density at radius 1 is 1.10 bits per heavy atom. The van der Waals surface area contributed by atoms with Crippen molar-refractivity contribution in [3.63, 3.8) is 0 Å². The van der Waals surface area contributed by atoms with E-state index in [4.69, 9.17) is 9.32 Å². The molecule has 2 N–H and O–H groups in total. The van der Waals surface area contributed by atoms with E-state index in [-0.39, 0.29) is 5.75 Å². The molecular weight excluding hydrogens is 306 g/mol. The van der Waals surface area contributed by atoms with Crippen LogP contribution in [0.3, 0.4) is 0 Å². The van der Waals surface area contributed by atoms with Gasteiger partial charge in [-0.3, -0.25) is 0 Å². The summed E-state index contributed by atoms with van der Waals surface area (Å²) in [5.41, 5.74) is 0. The summed E-state index contributed by atoms with van der Waals surface area (Å²) in [6.45, 7) is 0. The van der Waals surface area contributed by atoms with Crippen molar-refractivity contribution in [3.05, 3.63) is 29.1 Å². The summed E-state index contributed by atoms with van der Waals surface area (Å²) >= 11 is 1.74. The van der Waals surface area contributed by atoms with Crippen molar-refractivity contribution in [2.24, 2.45) is 5.14 Å². The van der Waals surface area contributed by atoms with Crippen molar-refractivity contribution in [2.75, 3.05) is 0 Å². The summed E-state index contributed by atoms with van der Waals surface area (Å²) in [7, 11) is -3.96. The molecule has 1 saturated carbocycles. The van der Waals surface area contributed by atoms with Gasteiger partial charge in [0.05, 0.1) is 0 Å². The Morgan fingerprint density at radius 2 is 1.81 bits per heavy atom. The first-order valence-electron chi connectivity index (χ1n) is 7.27. The van der Waals surface area contributed by atoms with Crippen LogP contribution in [0, 0.1) is 0 Å². The summed E-state index contributed by atoms with van der Waals surface area (Å²) in [6.07, 6.45) is 7.81. The van der Waals surface area contributed by atoms with Crippen LogP contribution in [0.2, 0.25) is 0 Å². The molecule has 1 aliphatic rings. The minimum absolute atomic E-state index is 0.277. The lowest BCUT2D eigenvalue weighted by Gasteiger charge is -2.10. The zero-order chi connectivity index (χ0) is 14.9. The van der Waals surface area contributed by atoms with Crippen LogP contribution < -0.4 is 9.32 Å². The van der Waals surface area contributed by atoms with Crippen molar-refractivity contribution in [2.45, 2.75) is 44.4 Å². The highest BCUT2D eigenvalue weighted by Crippen LogP contribution is 2.39. The number of benzene rings is 1. The molecule has 2 aromatic rings. The molecule has 1 fully saturated rings. The standard InChI is InChI=1S/C15H19NO3S2/c16-21(17,18)19-13-8-7-12-9-14(20-15(12)10-13)11-5-3-1-2-4-6-11/h7-11H,1-6H2,(H2,16,17,18). The van der Waals surface area contributed by atoms with Crippen LogP contribution in [0.5, 0.6) is 5.75 Å². The minimum Gasteiger partial charge on any atom is -0.371 e. The summed E-state index contributed by atoms with van der Waals surface area (Å²) < 4.78 is 27.8. The summed E-state index contributed by atoms with van der Waals surface area (Å²) in [4.78, 5) is 1.40. The van der Waals surface area contributed by atoms with E-state index >= 15 is 0 Å². The molecule has 1 aliphatic carbocycles. The quantitative estimate of drug-likeness (QED) is 0.870. The molecule has 0 radical (unpaired) electrons. The Morgan fingerprint density at radius 3 is 2.48 bits per heavy atom. The Hall–Kier alpha value is -1.11. The second-order valence-corrected chi connectivity index (χ2v) is 7.88. The summed E-state index contributed by atoms with van der Waals surface area (Å²) in [5.74, 6) is 0.923. The SMILES string of the molecule is NS(=O)(=O)Oc1ccc2cc(C3CCCCCC3)sc2c1. The van der Waals surface area contributed by atoms with Crippen molar-refractivity contribution >= 4 is 31.7 Å². The van der Waals surface area contributed by atoms with Gasteiger partial charge in [0.2, 0.25) is 0 Å². The Kier molecular flexibility index (Phi) is 4.19. The number of hydrogen-bond acceptors (Lipinski definition) is 4. The van der Waals surface area contributed by atoms with E-state index in [0.29, 0.717) is 5.92 Å². The van der Waals surface area contributed by atoms with E-state index in [9.17, 15) is 8.42 Å². The molecule has 0 bridgehead atoms. The van der Waals surface area contributed by atoms with Crippen LogP contribution in [0.15, 0.2) is 24.3 Å². The summed E-state index contributed by atoms with van der Waals surface area (Å²) in [5, 5.41) is 6.04. The van der Waals surface area contributed by atoms with E-state index in [2.05, 4.69) is 6.07 Å². The molecule has 3 rings (SSSR count).